The van der Waals surface area contributed by atoms with Gasteiger partial charge < -0.3 is 19.3 Å². The smallest absolute Gasteiger partial charge is 0.256 e. The Bertz CT molecular complexity index is 1070. The number of hydrogen-bond donors (Lipinski definition) is 0. The van der Waals surface area contributed by atoms with Crippen LogP contribution in [0.15, 0.2) is 41.6 Å². The fraction of sp³-hybridized carbons (Fsp3) is 0.500. The molecule has 2 fully saturated rings. The predicted octanol–water partition coefficient (Wildman–Crippen LogP) is 2.91. The van der Waals surface area contributed by atoms with Gasteiger partial charge in [0.1, 0.15) is 18.2 Å². The fourth-order valence-corrected chi connectivity index (χ4v) is 5.77. The average Bonchev–Trinajstić information content (AvgIpc) is 3.44. The highest BCUT2D eigenvalue weighted by Gasteiger charge is 2.28. The van der Waals surface area contributed by atoms with E-state index in [1.54, 1.807) is 12.3 Å². The summed E-state index contributed by atoms with van der Waals surface area (Å²) < 4.78 is 11.3. The number of aromatic nitrogens is 1. The fourth-order valence-electron chi connectivity index (χ4n) is 4.78. The molecule has 0 spiro atoms. The Kier molecular flexibility index (Phi) is 7.43. The van der Waals surface area contributed by atoms with Crippen LogP contribution in [0, 0.1) is 0 Å². The molecule has 2 amide bonds. The Morgan fingerprint density at radius 3 is 2.49 bits per heavy atom. The van der Waals surface area contributed by atoms with Crippen LogP contribution in [0.5, 0.6) is 11.5 Å². The Labute approximate surface area is 210 Å². The molecule has 1 unspecified atom stereocenters. The highest BCUT2D eigenvalue weighted by Crippen LogP contribution is 2.31. The molecule has 35 heavy (non-hydrogen) atoms. The Hall–Kier alpha value is -2.78. The number of thioether (sulfide) groups is 1. The summed E-state index contributed by atoms with van der Waals surface area (Å²) in [6.07, 6.45) is 3.83. The third-order valence-corrected chi connectivity index (χ3v) is 7.83. The van der Waals surface area contributed by atoms with Crippen molar-refractivity contribution in [1.29, 1.82) is 0 Å². The van der Waals surface area contributed by atoms with E-state index in [0.29, 0.717) is 36.9 Å². The summed E-state index contributed by atoms with van der Waals surface area (Å²) in [6.45, 7) is 8.45. The van der Waals surface area contributed by atoms with Gasteiger partial charge in [0, 0.05) is 52.0 Å². The van der Waals surface area contributed by atoms with E-state index in [4.69, 9.17) is 9.47 Å². The third-order valence-electron chi connectivity index (χ3n) is 6.73. The van der Waals surface area contributed by atoms with Crippen molar-refractivity contribution in [3.63, 3.8) is 0 Å². The van der Waals surface area contributed by atoms with Crippen LogP contribution in [0.2, 0.25) is 0 Å². The van der Waals surface area contributed by atoms with Crippen molar-refractivity contribution in [2.45, 2.75) is 36.6 Å². The van der Waals surface area contributed by atoms with Gasteiger partial charge in [-0.15, -0.1) is 0 Å². The molecule has 9 heteroatoms. The number of amides is 2. The molecule has 1 aromatic carbocycles. The monoisotopic (exact) mass is 496 g/mol. The lowest BCUT2D eigenvalue weighted by Crippen LogP contribution is -2.48. The summed E-state index contributed by atoms with van der Waals surface area (Å²) in [7, 11) is 0. The normalized spacial score (nSPS) is 19.0. The van der Waals surface area contributed by atoms with Gasteiger partial charge in [-0.05, 0) is 49.6 Å². The molecule has 2 aromatic rings. The van der Waals surface area contributed by atoms with Crippen molar-refractivity contribution in [2.24, 2.45) is 0 Å². The number of fused-ring (bicyclic) bond motifs is 1. The molecule has 0 aliphatic carbocycles. The lowest BCUT2D eigenvalue weighted by molar-refractivity contribution is -0.129. The number of carbonyl (C=O) groups is 2. The number of rotatable bonds is 6. The molecule has 1 aromatic heterocycles. The highest BCUT2D eigenvalue weighted by molar-refractivity contribution is 8.00. The van der Waals surface area contributed by atoms with Crippen LogP contribution in [0.3, 0.4) is 0 Å². The topological polar surface area (TPSA) is 75.2 Å². The van der Waals surface area contributed by atoms with Gasteiger partial charge in [0.25, 0.3) is 5.91 Å². The Morgan fingerprint density at radius 2 is 1.71 bits per heavy atom. The van der Waals surface area contributed by atoms with Gasteiger partial charge in [0.15, 0.2) is 11.5 Å². The van der Waals surface area contributed by atoms with Crippen LogP contribution in [-0.2, 0) is 11.3 Å². The van der Waals surface area contributed by atoms with Gasteiger partial charge in [-0.1, -0.05) is 17.8 Å². The third kappa shape index (κ3) is 5.56. The number of piperazine rings is 1. The maximum Gasteiger partial charge on any atom is 0.256 e. The Morgan fingerprint density at radius 1 is 0.971 bits per heavy atom. The zero-order chi connectivity index (χ0) is 24.2. The molecule has 0 bridgehead atoms. The van der Waals surface area contributed by atoms with Crippen LogP contribution in [0.4, 0.5) is 0 Å². The Balaban J connectivity index is 1.18. The average molecular weight is 497 g/mol. The molecule has 0 N–H and O–H groups in total. The first-order chi connectivity index (χ1) is 17.1. The highest BCUT2D eigenvalue weighted by atomic mass is 32.2. The van der Waals surface area contributed by atoms with E-state index in [1.165, 1.54) is 17.3 Å². The van der Waals surface area contributed by atoms with Gasteiger partial charge in [0.05, 0.1) is 10.8 Å². The number of benzene rings is 1. The SMILES string of the molecule is CC(Sc1ncccc1C(=O)N1CCN(Cc2ccc3c(c2)OCCO3)CC1)C(=O)N1CCCC1. The van der Waals surface area contributed by atoms with E-state index < -0.39 is 0 Å². The first kappa shape index (κ1) is 23.9. The second-order valence-corrected chi connectivity index (χ2v) is 10.5. The van der Waals surface area contributed by atoms with Gasteiger partial charge >= 0.3 is 0 Å². The zero-order valence-corrected chi connectivity index (χ0v) is 21.0. The minimum atomic E-state index is -0.266. The molecule has 4 heterocycles. The van der Waals surface area contributed by atoms with Crippen molar-refractivity contribution in [3.8, 4) is 11.5 Å². The summed E-state index contributed by atoms with van der Waals surface area (Å²) in [4.78, 5) is 36.8. The summed E-state index contributed by atoms with van der Waals surface area (Å²) >= 11 is 1.39. The predicted molar refractivity (Wildman–Crippen MR) is 134 cm³/mol. The lowest BCUT2D eigenvalue weighted by atomic mass is 10.1. The van der Waals surface area contributed by atoms with Crippen LogP contribution in [-0.4, -0.2) is 89.2 Å². The summed E-state index contributed by atoms with van der Waals surface area (Å²) in [6, 6.07) is 9.72. The summed E-state index contributed by atoms with van der Waals surface area (Å²) in [5.41, 5.74) is 1.76. The van der Waals surface area contributed by atoms with Crippen LogP contribution >= 0.6 is 11.8 Å². The van der Waals surface area contributed by atoms with Crippen molar-refractivity contribution >= 4 is 23.6 Å². The molecule has 1 atom stereocenters. The lowest BCUT2D eigenvalue weighted by Gasteiger charge is -2.35. The zero-order valence-electron chi connectivity index (χ0n) is 20.1. The van der Waals surface area contributed by atoms with E-state index in [0.717, 1.165) is 57.1 Å². The molecule has 186 valence electrons. The number of nitrogens with zero attached hydrogens (tertiary/aromatic N) is 4. The molecule has 0 radical (unpaired) electrons. The number of likely N-dealkylation sites (tertiary alicyclic amines) is 1. The van der Waals surface area contributed by atoms with E-state index in [-0.39, 0.29) is 17.1 Å². The van der Waals surface area contributed by atoms with E-state index >= 15 is 0 Å². The maximum absolute atomic E-state index is 13.4. The number of ether oxygens (including phenoxy) is 2. The van der Waals surface area contributed by atoms with Crippen molar-refractivity contribution in [3.05, 3.63) is 47.7 Å². The summed E-state index contributed by atoms with van der Waals surface area (Å²) in [5.74, 6) is 1.73. The van der Waals surface area contributed by atoms with Gasteiger partial charge in [-0.2, -0.15) is 0 Å². The molecule has 3 aliphatic heterocycles. The standard InChI is InChI=1S/C26H32N4O4S/c1-19(25(31)29-9-2-3-10-29)35-24-21(5-4-8-27-24)26(32)30-13-11-28(12-14-30)18-20-6-7-22-23(17-20)34-16-15-33-22/h4-8,17,19H,2-3,9-16,18H2,1H3. The minimum Gasteiger partial charge on any atom is -0.486 e. The molecule has 3 aliphatic rings. The van der Waals surface area contributed by atoms with Gasteiger partial charge in [-0.25, -0.2) is 4.98 Å². The molecule has 2 saturated heterocycles. The molecular formula is C26H32N4O4S. The van der Waals surface area contributed by atoms with Crippen molar-refractivity contribution < 1.29 is 19.1 Å². The quantitative estimate of drug-likeness (QED) is 0.569. The largest absolute Gasteiger partial charge is 0.486 e. The molecule has 0 saturated carbocycles. The number of hydrogen-bond acceptors (Lipinski definition) is 7. The minimum absolute atomic E-state index is 0.0135. The van der Waals surface area contributed by atoms with Crippen molar-refractivity contribution in [1.82, 2.24) is 19.7 Å². The first-order valence-electron chi connectivity index (χ1n) is 12.4. The second kappa shape index (κ2) is 10.9. The van der Waals surface area contributed by atoms with Crippen LogP contribution in [0.1, 0.15) is 35.7 Å². The maximum atomic E-state index is 13.4. The van der Waals surface area contributed by atoms with Crippen LogP contribution < -0.4 is 9.47 Å². The second-order valence-electron chi connectivity index (χ2n) is 9.19. The first-order valence-corrected chi connectivity index (χ1v) is 13.3. The van der Waals surface area contributed by atoms with E-state index in [9.17, 15) is 9.59 Å². The van der Waals surface area contributed by atoms with Crippen LogP contribution in [0.25, 0.3) is 0 Å². The van der Waals surface area contributed by atoms with Gasteiger partial charge in [0.2, 0.25) is 5.91 Å². The number of carbonyl (C=O) groups excluding carboxylic acids is 2. The molecule has 5 rings (SSSR count). The number of pyridine rings is 1. The van der Waals surface area contributed by atoms with Gasteiger partial charge in [-0.3, -0.25) is 14.5 Å². The van der Waals surface area contributed by atoms with E-state index in [1.807, 2.05) is 28.9 Å². The van der Waals surface area contributed by atoms with Crippen molar-refractivity contribution in [2.75, 3.05) is 52.5 Å². The van der Waals surface area contributed by atoms with E-state index in [2.05, 4.69) is 22.0 Å². The summed E-state index contributed by atoms with van der Waals surface area (Å²) in [5, 5.41) is 0.369. The molecule has 8 nitrogen and oxygen atoms in total. The molecular weight excluding hydrogens is 464 g/mol.